The molecule has 1 heterocycles. The normalized spacial score (nSPS) is 24.1. The van der Waals surface area contributed by atoms with Crippen molar-refractivity contribution in [2.45, 2.75) is 11.4 Å². The zero-order valence-corrected chi connectivity index (χ0v) is 10.5. The second kappa shape index (κ2) is 5.41. The van der Waals surface area contributed by atoms with Gasteiger partial charge in [-0.1, -0.05) is 30.3 Å². The number of nitrogens with two attached hydrogens (primary N) is 1. The average molecular weight is 266 g/mol. The Labute approximate surface area is 109 Å². The first-order valence-electron chi connectivity index (χ1n) is 5.54. The van der Waals surface area contributed by atoms with Crippen LogP contribution in [-0.2, 0) is 9.59 Å². The number of aliphatic carboxylic acids is 1. The van der Waals surface area contributed by atoms with Crippen molar-refractivity contribution >= 4 is 23.6 Å². The van der Waals surface area contributed by atoms with Gasteiger partial charge in [0.1, 0.15) is 11.9 Å². The smallest absolute Gasteiger partial charge is 0.323 e. The van der Waals surface area contributed by atoms with Gasteiger partial charge in [-0.3, -0.25) is 9.59 Å². The highest BCUT2D eigenvalue weighted by Crippen LogP contribution is 2.36. The molecule has 96 valence electrons. The Morgan fingerprint density at radius 2 is 2.11 bits per heavy atom. The summed E-state index contributed by atoms with van der Waals surface area (Å²) in [7, 11) is 0. The topological polar surface area (TPSA) is 83.6 Å². The zero-order valence-electron chi connectivity index (χ0n) is 9.65. The van der Waals surface area contributed by atoms with Gasteiger partial charge in [0.25, 0.3) is 0 Å². The number of thioether (sulfide) groups is 1. The molecule has 0 radical (unpaired) electrons. The molecule has 1 fully saturated rings. The van der Waals surface area contributed by atoms with Gasteiger partial charge in [-0.25, -0.2) is 0 Å². The lowest BCUT2D eigenvalue weighted by Gasteiger charge is -2.36. The van der Waals surface area contributed by atoms with Crippen molar-refractivity contribution in [1.29, 1.82) is 0 Å². The lowest BCUT2D eigenvalue weighted by Crippen LogP contribution is -2.51. The Morgan fingerprint density at radius 1 is 1.44 bits per heavy atom. The van der Waals surface area contributed by atoms with Gasteiger partial charge in [-0.15, -0.1) is 11.8 Å². The molecule has 1 aliphatic heterocycles. The Kier molecular flexibility index (Phi) is 3.88. The Morgan fingerprint density at radius 3 is 2.72 bits per heavy atom. The van der Waals surface area contributed by atoms with Crippen molar-refractivity contribution in [3.05, 3.63) is 35.9 Å². The van der Waals surface area contributed by atoms with Crippen molar-refractivity contribution in [2.24, 2.45) is 5.73 Å². The van der Waals surface area contributed by atoms with Crippen LogP contribution in [0, 0.1) is 0 Å². The monoisotopic (exact) mass is 266 g/mol. The number of carbonyl (C=O) groups excluding carboxylic acids is 1. The molecule has 0 spiro atoms. The first-order chi connectivity index (χ1) is 8.59. The number of benzene rings is 1. The lowest BCUT2D eigenvalue weighted by molar-refractivity contribution is -0.145. The molecule has 2 rings (SSSR count). The summed E-state index contributed by atoms with van der Waals surface area (Å²) >= 11 is 1.49. The van der Waals surface area contributed by atoms with E-state index < -0.39 is 12.0 Å². The molecule has 0 aliphatic carbocycles. The SMILES string of the molecule is NC1CSC(c2ccccc2)N(CC(=O)O)C1=O. The minimum Gasteiger partial charge on any atom is -0.480 e. The van der Waals surface area contributed by atoms with Gasteiger partial charge in [-0.05, 0) is 5.56 Å². The van der Waals surface area contributed by atoms with Gasteiger partial charge >= 0.3 is 5.97 Å². The van der Waals surface area contributed by atoms with Gasteiger partial charge in [0, 0.05) is 5.75 Å². The van der Waals surface area contributed by atoms with Crippen molar-refractivity contribution in [3.63, 3.8) is 0 Å². The summed E-state index contributed by atoms with van der Waals surface area (Å²) in [5.41, 5.74) is 6.60. The number of hydrogen-bond donors (Lipinski definition) is 2. The molecule has 2 unspecified atom stereocenters. The Balaban J connectivity index is 2.27. The highest BCUT2D eigenvalue weighted by Gasteiger charge is 2.35. The molecular formula is C12H14N2O3S. The fraction of sp³-hybridized carbons (Fsp3) is 0.333. The van der Waals surface area contributed by atoms with E-state index in [4.69, 9.17) is 10.8 Å². The fourth-order valence-electron chi connectivity index (χ4n) is 1.89. The summed E-state index contributed by atoms with van der Waals surface area (Å²) in [5.74, 6) is -0.821. The van der Waals surface area contributed by atoms with Gasteiger partial charge in [0.2, 0.25) is 5.91 Å². The number of amides is 1. The van der Waals surface area contributed by atoms with E-state index in [0.717, 1.165) is 5.56 Å². The van der Waals surface area contributed by atoms with Crippen LogP contribution in [0.2, 0.25) is 0 Å². The summed E-state index contributed by atoms with van der Waals surface area (Å²) in [6.07, 6.45) is 0. The molecule has 1 aromatic carbocycles. The summed E-state index contributed by atoms with van der Waals surface area (Å²) in [6.45, 7) is -0.320. The van der Waals surface area contributed by atoms with Crippen LogP contribution in [-0.4, -0.2) is 40.2 Å². The molecule has 1 amide bonds. The molecule has 2 atom stereocenters. The first-order valence-corrected chi connectivity index (χ1v) is 6.59. The average Bonchev–Trinajstić information content (AvgIpc) is 2.36. The highest BCUT2D eigenvalue weighted by molar-refractivity contribution is 7.99. The maximum Gasteiger partial charge on any atom is 0.323 e. The van der Waals surface area contributed by atoms with Crippen molar-refractivity contribution in [1.82, 2.24) is 4.90 Å². The zero-order chi connectivity index (χ0) is 13.1. The fourth-order valence-corrected chi connectivity index (χ4v) is 3.13. The number of carboxylic acids is 1. The number of nitrogens with zero attached hydrogens (tertiary/aromatic N) is 1. The summed E-state index contributed by atoms with van der Waals surface area (Å²) < 4.78 is 0. The van der Waals surface area contributed by atoms with Crippen LogP contribution in [0.5, 0.6) is 0 Å². The minimum atomic E-state index is -1.03. The van der Waals surface area contributed by atoms with Gasteiger partial charge < -0.3 is 15.7 Å². The van der Waals surface area contributed by atoms with Crippen LogP contribution in [0.4, 0.5) is 0 Å². The van der Waals surface area contributed by atoms with E-state index in [9.17, 15) is 9.59 Å². The van der Waals surface area contributed by atoms with Gasteiger partial charge in [0.05, 0.1) is 6.04 Å². The maximum absolute atomic E-state index is 12.0. The van der Waals surface area contributed by atoms with Crippen molar-refractivity contribution in [2.75, 3.05) is 12.3 Å². The first kappa shape index (κ1) is 12.9. The third kappa shape index (κ3) is 2.65. The van der Waals surface area contributed by atoms with E-state index in [0.29, 0.717) is 5.75 Å². The Hall–Kier alpha value is -1.53. The van der Waals surface area contributed by atoms with Crippen molar-refractivity contribution in [3.8, 4) is 0 Å². The third-order valence-electron chi connectivity index (χ3n) is 2.71. The van der Waals surface area contributed by atoms with Gasteiger partial charge in [-0.2, -0.15) is 0 Å². The molecule has 0 aromatic heterocycles. The van der Waals surface area contributed by atoms with Crippen molar-refractivity contribution < 1.29 is 14.7 Å². The van der Waals surface area contributed by atoms with E-state index in [-0.39, 0.29) is 17.8 Å². The van der Waals surface area contributed by atoms with E-state index in [1.807, 2.05) is 30.3 Å². The van der Waals surface area contributed by atoms with Crippen LogP contribution in [0.1, 0.15) is 10.9 Å². The van der Waals surface area contributed by atoms with E-state index >= 15 is 0 Å². The maximum atomic E-state index is 12.0. The minimum absolute atomic E-state index is 0.269. The van der Waals surface area contributed by atoms with Crippen LogP contribution in [0.25, 0.3) is 0 Å². The molecular weight excluding hydrogens is 252 g/mol. The standard InChI is InChI=1S/C12H14N2O3S/c13-9-7-18-12(8-4-2-1-3-5-8)14(11(9)17)6-10(15)16/h1-5,9,12H,6-7,13H2,(H,15,16). The molecule has 3 N–H and O–H groups in total. The molecule has 1 aromatic rings. The van der Waals surface area contributed by atoms with Crippen LogP contribution in [0.15, 0.2) is 30.3 Å². The summed E-state index contributed by atoms with van der Waals surface area (Å²) in [5, 5.41) is 8.62. The molecule has 0 saturated carbocycles. The van der Waals surface area contributed by atoms with Gasteiger partial charge in [0.15, 0.2) is 0 Å². The molecule has 6 heteroatoms. The number of carboxylic acid groups (broad SMARTS) is 1. The van der Waals surface area contributed by atoms with E-state index in [2.05, 4.69) is 0 Å². The van der Waals surface area contributed by atoms with Crippen LogP contribution >= 0.6 is 11.8 Å². The molecule has 1 saturated heterocycles. The second-order valence-corrected chi connectivity index (χ2v) is 5.18. The second-order valence-electron chi connectivity index (χ2n) is 4.06. The molecule has 1 aliphatic rings. The van der Waals surface area contributed by atoms with Crippen LogP contribution in [0.3, 0.4) is 0 Å². The molecule has 5 nitrogen and oxygen atoms in total. The predicted molar refractivity (Wildman–Crippen MR) is 69.0 cm³/mol. The van der Waals surface area contributed by atoms with Crippen LogP contribution < -0.4 is 5.73 Å². The highest BCUT2D eigenvalue weighted by atomic mass is 32.2. The summed E-state index contributed by atoms with van der Waals surface area (Å²) in [4.78, 5) is 24.2. The van der Waals surface area contributed by atoms with E-state index in [1.165, 1.54) is 16.7 Å². The largest absolute Gasteiger partial charge is 0.480 e. The van der Waals surface area contributed by atoms with E-state index in [1.54, 1.807) is 0 Å². The number of rotatable bonds is 3. The number of hydrogen-bond acceptors (Lipinski definition) is 4. The molecule has 0 bridgehead atoms. The molecule has 18 heavy (non-hydrogen) atoms. The predicted octanol–water partition coefficient (Wildman–Crippen LogP) is 0.672. The summed E-state index contributed by atoms with van der Waals surface area (Å²) in [6, 6.07) is 8.77. The third-order valence-corrected chi connectivity index (χ3v) is 4.10. The quantitative estimate of drug-likeness (QED) is 0.840. The Bertz CT molecular complexity index is 452. The number of carbonyl (C=O) groups is 2. The lowest BCUT2D eigenvalue weighted by atomic mass is 10.2.